The Hall–Kier alpha value is -2.20. The summed E-state index contributed by atoms with van der Waals surface area (Å²) >= 11 is 0. The molecule has 0 spiro atoms. The fraction of sp³-hybridized carbons (Fsp3) is 0.250. The Bertz CT molecular complexity index is 621. The van der Waals surface area contributed by atoms with Gasteiger partial charge in [-0.15, -0.1) is 0 Å². The highest BCUT2D eigenvalue weighted by Gasteiger charge is 2.04. The van der Waals surface area contributed by atoms with Crippen LogP contribution in [-0.2, 0) is 6.61 Å². The molecular weight excluding hydrogens is 250 g/mol. The van der Waals surface area contributed by atoms with E-state index in [2.05, 4.69) is 10.2 Å². The second-order valence-corrected chi connectivity index (χ2v) is 4.90. The minimum atomic E-state index is -0.0517. The summed E-state index contributed by atoms with van der Waals surface area (Å²) in [6, 6.07) is 13.6. The predicted octanol–water partition coefficient (Wildman–Crippen LogP) is 3.97. The zero-order valence-corrected chi connectivity index (χ0v) is 12.0. The maximum Gasteiger partial charge on any atom is 0.0913 e. The lowest BCUT2D eigenvalue weighted by molar-refractivity contribution is 0.282. The van der Waals surface area contributed by atoms with Crippen LogP contribution in [0.15, 0.2) is 52.7 Å². The second-order valence-electron chi connectivity index (χ2n) is 4.90. The number of aliphatic hydroxyl groups is 1. The molecule has 0 aliphatic rings. The number of rotatable bonds is 4. The molecule has 0 aliphatic carbocycles. The summed E-state index contributed by atoms with van der Waals surface area (Å²) in [6.07, 6.45) is 0. The van der Waals surface area contributed by atoms with Crippen LogP contribution in [-0.4, -0.2) is 19.2 Å². The van der Waals surface area contributed by atoms with Gasteiger partial charge in [-0.3, -0.25) is 0 Å². The lowest BCUT2D eigenvalue weighted by Gasteiger charge is -2.14. The van der Waals surface area contributed by atoms with Crippen LogP contribution in [0.4, 0.5) is 17.1 Å². The molecule has 0 atom stereocenters. The van der Waals surface area contributed by atoms with E-state index in [1.807, 2.05) is 68.4 Å². The average Bonchev–Trinajstić information content (AvgIpc) is 2.45. The van der Waals surface area contributed by atoms with E-state index in [4.69, 9.17) is 0 Å². The number of hydrogen-bond donors (Lipinski definition) is 1. The average molecular weight is 269 g/mol. The first kappa shape index (κ1) is 14.2. The van der Waals surface area contributed by atoms with Crippen molar-refractivity contribution in [1.29, 1.82) is 0 Å². The van der Waals surface area contributed by atoms with Gasteiger partial charge >= 0.3 is 0 Å². The van der Waals surface area contributed by atoms with E-state index in [9.17, 15) is 5.11 Å². The Balaban J connectivity index is 2.29. The van der Waals surface area contributed by atoms with Crippen molar-refractivity contribution < 1.29 is 5.11 Å². The van der Waals surface area contributed by atoms with Crippen LogP contribution in [0, 0.1) is 6.92 Å². The molecule has 2 rings (SSSR count). The van der Waals surface area contributed by atoms with Crippen LogP contribution < -0.4 is 4.90 Å². The van der Waals surface area contributed by atoms with Crippen LogP contribution in [0.25, 0.3) is 0 Å². The molecule has 0 unspecified atom stereocenters. The van der Waals surface area contributed by atoms with Gasteiger partial charge in [0, 0.05) is 25.3 Å². The Kier molecular flexibility index (Phi) is 4.48. The fourth-order valence-corrected chi connectivity index (χ4v) is 1.88. The third-order valence-corrected chi connectivity index (χ3v) is 3.02. The standard InChI is InChI=1S/C16H19N3O/c1-12-5-4-6-14(9-12)17-18-16-8-7-15(19(2)3)10-13(16)11-20/h4-10,20H,11H2,1-3H3. The van der Waals surface area contributed by atoms with Crippen molar-refractivity contribution in [3.63, 3.8) is 0 Å². The Morgan fingerprint density at radius 3 is 2.50 bits per heavy atom. The third-order valence-electron chi connectivity index (χ3n) is 3.02. The van der Waals surface area contributed by atoms with Gasteiger partial charge in [0.2, 0.25) is 0 Å². The van der Waals surface area contributed by atoms with Crippen molar-refractivity contribution in [3.05, 3.63) is 53.6 Å². The van der Waals surface area contributed by atoms with Crippen molar-refractivity contribution in [2.24, 2.45) is 10.2 Å². The molecule has 0 fully saturated rings. The molecule has 0 bridgehead atoms. The van der Waals surface area contributed by atoms with Crippen LogP contribution >= 0.6 is 0 Å². The van der Waals surface area contributed by atoms with E-state index < -0.39 is 0 Å². The van der Waals surface area contributed by atoms with Crippen molar-refractivity contribution in [3.8, 4) is 0 Å². The number of azo groups is 1. The van der Waals surface area contributed by atoms with E-state index in [1.54, 1.807) is 0 Å². The van der Waals surface area contributed by atoms with Gasteiger partial charge in [-0.25, -0.2) is 0 Å². The minimum Gasteiger partial charge on any atom is -0.392 e. The highest BCUT2D eigenvalue weighted by Crippen LogP contribution is 2.26. The molecule has 0 heterocycles. The van der Waals surface area contributed by atoms with Gasteiger partial charge in [-0.05, 0) is 42.8 Å². The van der Waals surface area contributed by atoms with Crippen molar-refractivity contribution >= 4 is 17.1 Å². The summed E-state index contributed by atoms with van der Waals surface area (Å²) in [5.74, 6) is 0. The fourth-order valence-electron chi connectivity index (χ4n) is 1.88. The molecule has 20 heavy (non-hydrogen) atoms. The first-order chi connectivity index (χ1) is 9.60. The summed E-state index contributed by atoms with van der Waals surface area (Å²) in [5, 5.41) is 17.9. The molecule has 2 aromatic carbocycles. The molecule has 0 aromatic heterocycles. The minimum absolute atomic E-state index is 0.0517. The molecular formula is C16H19N3O. The van der Waals surface area contributed by atoms with Gasteiger partial charge in [0.05, 0.1) is 18.0 Å². The van der Waals surface area contributed by atoms with Gasteiger partial charge < -0.3 is 10.0 Å². The van der Waals surface area contributed by atoms with Gasteiger partial charge in [-0.2, -0.15) is 10.2 Å². The highest BCUT2D eigenvalue weighted by atomic mass is 16.3. The molecule has 4 nitrogen and oxygen atoms in total. The quantitative estimate of drug-likeness (QED) is 0.854. The summed E-state index contributed by atoms with van der Waals surface area (Å²) in [6.45, 7) is 1.97. The van der Waals surface area contributed by atoms with Gasteiger partial charge in [-0.1, -0.05) is 12.1 Å². The monoisotopic (exact) mass is 269 g/mol. The molecule has 104 valence electrons. The second kappa shape index (κ2) is 6.30. The van der Waals surface area contributed by atoms with Crippen LogP contribution in [0.5, 0.6) is 0 Å². The molecule has 0 saturated heterocycles. The Morgan fingerprint density at radius 2 is 1.85 bits per heavy atom. The molecule has 2 aromatic rings. The summed E-state index contributed by atoms with van der Waals surface area (Å²) in [5.41, 5.74) is 4.45. The SMILES string of the molecule is Cc1cccc(N=Nc2ccc(N(C)C)cc2CO)c1. The Morgan fingerprint density at radius 1 is 1.05 bits per heavy atom. The third kappa shape index (κ3) is 3.42. The maximum absolute atomic E-state index is 9.45. The number of aliphatic hydroxyl groups excluding tert-OH is 1. The van der Waals surface area contributed by atoms with Crippen LogP contribution in [0.1, 0.15) is 11.1 Å². The zero-order valence-electron chi connectivity index (χ0n) is 12.0. The number of nitrogens with zero attached hydrogens (tertiary/aromatic N) is 3. The van der Waals surface area contributed by atoms with E-state index in [1.165, 1.54) is 0 Å². The molecule has 1 N–H and O–H groups in total. The van der Waals surface area contributed by atoms with Crippen molar-refractivity contribution in [1.82, 2.24) is 0 Å². The first-order valence-corrected chi connectivity index (χ1v) is 6.49. The number of anilines is 1. The van der Waals surface area contributed by atoms with Gasteiger partial charge in [0.25, 0.3) is 0 Å². The lowest BCUT2D eigenvalue weighted by atomic mass is 10.1. The predicted molar refractivity (Wildman–Crippen MR) is 82.0 cm³/mol. The molecule has 0 radical (unpaired) electrons. The largest absolute Gasteiger partial charge is 0.392 e. The molecule has 0 aliphatic heterocycles. The van der Waals surface area contributed by atoms with Crippen molar-refractivity contribution in [2.45, 2.75) is 13.5 Å². The van der Waals surface area contributed by atoms with Crippen molar-refractivity contribution in [2.75, 3.05) is 19.0 Å². The smallest absolute Gasteiger partial charge is 0.0913 e. The molecule has 0 saturated carbocycles. The van der Waals surface area contributed by atoms with E-state index in [-0.39, 0.29) is 6.61 Å². The topological polar surface area (TPSA) is 48.2 Å². The number of hydrogen-bond acceptors (Lipinski definition) is 4. The zero-order chi connectivity index (χ0) is 14.5. The molecule has 4 heteroatoms. The van der Waals surface area contributed by atoms with E-state index in [0.717, 1.165) is 22.5 Å². The number of benzene rings is 2. The highest BCUT2D eigenvalue weighted by molar-refractivity contribution is 5.57. The molecule has 0 amide bonds. The van der Waals surface area contributed by atoms with Crippen LogP contribution in [0.3, 0.4) is 0 Å². The lowest BCUT2D eigenvalue weighted by Crippen LogP contribution is -2.08. The van der Waals surface area contributed by atoms with Gasteiger partial charge in [0.15, 0.2) is 0 Å². The van der Waals surface area contributed by atoms with Crippen LogP contribution in [0.2, 0.25) is 0 Å². The van der Waals surface area contributed by atoms with E-state index in [0.29, 0.717) is 5.69 Å². The number of aryl methyl sites for hydroxylation is 1. The van der Waals surface area contributed by atoms with Gasteiger partial charge in [0.1, 0.15) is 0 Å². The normalized spacial score (nSPS) is 11.0. The summed E-state index contributed by atoms with van der Waals surface area (Å²) in [7, 11) is 3.93. The maximum atomic E-state index is 9.45. The van der Waals surface area contributed by atoms with E-state index >= 15 is 0 Å². The summed E-state index contributed by atoms with van der Waals surface area (Å²) < 4.78 is 0. The summed E-state index contributed by atoms with van der Waals surface area (Å²) in [4.78, 5) is 1.99. The Labute approximate surface area is 119 Å². The first-order valence-electron chi connectivity index (χ1n) is 6.49.